The number of carbonyl (C=O) groups excluding carboxylic acids is 1. The molecule has 5 heteroatoms. The number of carbonyl (C=O) groups is 1. The van der Waals surface area contributed by atoms with Gasteiger partial charge in [0.15, 0.2) is 5.69 Å². The molecule has 0 aliphatic rings. The topological polar surface area (TPSA) is 66.6 Å². The maximum Gasteiger partial charge on any atom is 0.276 e. The minimum atomic E-state index is -0.204. The van der Waals surface area contributed by atoms with Crippen LogP contribution in [-0.2, 0) is 0 Å². The minimum absolute atomic E-state index is 0.116. The summed E-state index contributed by atoms with van der Waals surface area (Å²) in [7, 11) is 1.70. The molecule has 1 N–H and O–H groups in total. The van der Waals surface area contributed by atoms with Crippen LogP contribution < -0.4 is 0 Å². The Bertz CT molecular complexity index is 520. The van der Waals surface area contributed by atoms with E-state index in [0.717, 1.165) is 5.56 Å². The average molecular weight is 246 g/mol. The van der Waals surface area contributed by atoms with Crippen LogP contribution in [0.5, 0.6) is 5.75 Å². The van der Waals surface area contributed by atoms with E-state index < -0.39 is 0 Å². The van der Waals surface area contributed by atoms with Crippen molar-refractivity contribution < 1.29 is 14.4 Å². The van der Waals surface area contributed by atoms with Crippen molar-refractivity contribution in [1.29, 1.82) is 0 Å². The molecule has 1 atom stereocenters. The summed E-state index contributed by atoms with van der Waals surface area (Å²) in [4.78, 5) is 13.6. The van der Waals surface area contributed by atoms with Crippen LogP contribution in [0.25, 0.3) is 0 Å². The van der Waals surface area contributed by atoms with Gasteiger partial charge >= 0.3 is 0 Å². The number of phenols is 1. The van der Waals surface area contributed by atoms with Gasteiger partial charge in [-0.3, -0.25) is 4.79 Å². The molecule has 2 aromatic rings. The van der Waals surface area contributed by atoms with Gasteiger partial charge in [0.25, 0.3) is 5.91 Å². The Morgan fingerprint density at radius 1 is 1.33 bits per heavy atom. The second-order valence-corrected chi connectivity index (χ2v) is 4.07. The fourth-order valence-corrected chi connectivity index (χ4v) is 1.66. The predicted molar refractivity (Wildman–Crippen MR) is 65.1 cm³/mol. The third kappa shape index (κ3) is 2.34. The van der Waals surface area contributed by atoms with Crippen molar-refractivity contribution in [1.82, 2.24) is 10.1 Å². The lowest BCUT2D eigenvalue weighted by Crippen LogP contribution is -2.29. The highest BCUT2D eigenvalue weighted by atomic mass is 16.5. The van der Waals surface area contributed by atoms with E-state index in [0.29, 0.717) is 0 Å². The van der Waals surface area contributed by atoms with Crippen LogP contribution in [0.2, 0.25) is 0 Å². The lowest BCUT2D eigenvalue weighted by atomic mass is 10.1. The van der Waals surface area contributed by atoms with Crippen LogP contribution in [0.3, 0.4) is 0 Å². The molecular formula is C13H14N2O3. The van der Waals surface area contributed by atoms with E-state index in [2.05, 4.69) is 9.68 Å². The third-order valence-corrected chi connectivity index (χ3v) is 2.93. The fraction of sp³-hybridized carbons (Fsp3) is 0.231. The summed E-state index contributed by atoms with van der Waals surface area (Å²) in [5.41, 5.74) is 1.22. The zero-order chi connectivity index (χ0) is 13.1. The molecule has 0 fully saturated rings. The first-order valence-electron chi connectivity index (χ1n) is 5.56. The number of hydrogen-bond acceptors (Lipinski definition) is 4. The van der Waals surface area contributed by atoms with Crippen LogP contribution >= 0.6 is 0 Å². The fourth-order valence-electron chi connectivity index (χ4n) is 1.66. The van der Waals surface area contributed by atoms with E-state index >= 15 is 0 Å². The molecule has 0 radical (unpaired) electrons. The number of rotatable bonds is 3. The van der Waals surface area contributed by atoms with Gasteiger partial charge in [0.2, 0.25) is 0 Å². The van der Waals surface area contributed by atoms with Gasteiger partial charge in [-0.25, -0.2) is 0 Å². The molecule has 18 heavy (non-hydrogen) atoms. The summed E-state index contributed by atoms with van der Waals surface area (Å²) < 4.78 is 4.66. The third-order valence-electron chi connectivity index (χ3n) is 2.93. The van der Waals surface area contributed by atoms with Crippen LogP contribution in [0.4, 0.5) is 0 Å². The average Bonchev–Trinajstić information content (AvgIpc) is 2.91. The highest BCUT2D eigenvalue weighted by Gasteiger charge is 2.20. The molecule has 1 amide bonds. The van der Waals surface area contributed by atoms with Crippen molar-refractivity contribution in [2.75, 3.05) is 7.05 Å². The molecule has 0 saturated carbocycles. The van der Waals surface area contributed by atoms with E-state index in [1.165, 1.54) is 12.3 Å². The Labute approximate surface area is 105 Å². The first-order valence-corrected chi connectivity index (χ1v) is 5.56. The number of benzene rings is 1. The lowest BCUT2D eigenvalue weighted by molar-refractivity contribution is 0.0732. The molecule has 94 valence electrons. The number of hydrogen-bond donors (Lipinski definition) is 1. The van der Waals surface area contributed by atoms with Gasteiger partial charge < -0.3 is 14.5 Å². The maximum absolute atomic E-state index is 12.0. The normalized spacial score (nSPS) is 12.1. The molecule has 0 aliphatic heterocycles. The van der Waals surface area contributed by atoms with Crippen molar-refractivity contribution in [2.24, 2.45) is 0 Å². The highest BCUT2D eigenvalue weighted by molar-refractivity contribution is 5.92. The van der Waals surface area contributed by atoms with Gasteiger partial charge in [0, 0.05) is 13.1 Å². The maximum atomic E-state index is 12.0. The van der Waals surface area contributed by atoms with Crippen LogP contribution in [-0.4, -0.2) is 28.1 Å². The predicted octanol–water partition coefficient (Wildman–Crippen LogP) is 2.21. The summed E-state index contributed by atoms with van der Waals surface area (Å²) in [5.74, 6) is 0.000700. The zero-order valence-electron chi connectivity index (χ0n) is 10.2. The molecule has 0 aliphatic carbocycles. The Hall–Kier alpha value is -2.30. The summed E-state index contributed by atoms with van der Waals surface area (Å²) in [5, 5.41) is 12.9. The molecule has 0 saturated heterocycles. The molecule has 2 rings (SSSR count). The van der Waals surface area contributed by atoms with E-state index in [1.807, 2.05) is 6.92 Å². The molecule has 5 nitrogen and oxygen atoms in total. The van der Waals surface area contributed by atoms with Gasteiger partial charge in [-0.05, 0) is 24.6 Å². The van der Waals surface area contributed by atoms with Gasteiger partial charge in [0.1, 0.15) is 12.0 Å². The second kappa shape index (κ2) is 4.91. The van der Waals surface area contributed by atoms with Crippen LogP contribution in [0.1, 0.15) is 29.0 Å². The lowest BCUT2D eigenvalue weighted by Gasteiger charge is -2.24. The molecule has 1 aromatic heterocycles. The van der Waals surface area contributed by atoms with Crippen LogP contribution in [0, 0.1) is 0 Å². The van der Waals surface area contributed by atoms with Gasteiger partial charge in [-0.15, -0.1) is 0 Å². The Kier molecular flexibility index (Phi) is 3.32. The van der Waals surface area contributed by atoms with Crippen molar-refractivity contribution in [3.63, 3.8) is 0 Å². The van der Waals surface area contributed by atoms with Crippen molar-refractivity contribution in [3.05, 3.63) is 47.9 Å². The molecule has 1 aromatic carbocycles. The van der Waals surface area contributed by atoms with E-state index in [9.17, 15) is 9.90 Å². The number of aromatic nitrogens is 1. The standard InChI is InChI=1S/C13H14N2O3/c1-9(10-3-5-11(16)6-4-10)15(2)13(17)12-7-8-18-14-12/h3-9,16H,1-2H3. The summed E-state index contributed by atoms with van der Waals surface area (Å²) in [6.07, 6.45) is 1.37. The molecule has 1 unspecified atom stereocenters. The highest BCUT2D eigenvalue weighted by Crippen LogP contribution is 2.22. The van der Waals surface area contributed by atoms with Gasteiger partial charge in [0.05, 0.1) is 6.04 Å². The smallest absolute Gasteiger partial charge is 0.276 e. The summed E-state index contributed by atoms with van der Waals surface area (Å²) in [6.45, 7) is 1.91. The van der Waals surface area contributed by atoms with Gasteiger partial charge in [-0.2, -0.15) is 0 Å². The Balaban J connectivity index is 2.16. The van der Waals surface area contributed by atoms with E-state index in [-0.39, 0.29) is 23.4 Å². The SMILES string of the molecule is CC(c1ccc(O)cc1)N(C)C(=O)c1ccon1. The molecule has 1 heterocycles. The molecular weight excluding hydrogens is 232 g/mol. The quantitative estimate of drug-likeness (QED) is 0.901. The van der Waals surface area contributed by atoms with E-state index in [4.69, 9.17) is 0 Å². The number of amides is 1. The van der Waals surface area contributed by atoms with Crippen molar-refractivity contribution in [2.45, 2.75) is 13.0 Å². The molecule has 0 bridgehead atoms. The monoisotopic (exact) mass is 246 g/mol. The van der Waals surface area contributed by atoms with Crippen molar-refractivity contribution in [3.8, 4) is 5.75 Å². The second-order valence-electron chi connectivity index (χ2n) is 4.07. The first kappa shape index (κ1) is 12.2. The van der Waals surface area contributed by atoms with Crippen molar-refractivity contribution >= 4 is 5.91 Å². The summed E-state index contributed by atoms with van der Waals surface area (Å²) >= 11 is 0. The largest absolute Gasteiger partial charge is 0.508 e. The number of nitrogens with zero attached hydrogens (tertiary/aromatic N) is 2. The van der Waals surface area contributed by atoms with Gasteiger partial charge in [-0.1, -0.05) is 17.3 Å². The Morgan fingerprint density at radius 2 is 2.00 bits per heavy atom. The number of phenolic OH excluding ortho intramolecular Hbond substituents is 1. The van der Waals surface area contributed by atoms with Crippen LogP contribution in [0.15, 0.2) is 41.1 Å². The van der Waals surface area contributed by atoms with E-state index in [1.54, 1.807) is 36.2 Å². The molecule has 0 spiro atoms. The minimum Gasteiger partial charge on any atom is -0.508 e. The summed E-state index contributed by atoms with van der Waals surface area (Å²) in [6, 6.07) is 8.18. The zero-order valence-corrected chi connectivity index (χ0v) is 10.2. The Morgan fingerprint density at radius 3 is 2.56 bits per heavy atom. The first-order chi connectivity index (χ1) is 8.59. The number of aromatic hydroxyl groups is 1.